The van der Waals surface area contributed by atoms with Crippen LogP contribution in [0.5, 0.6) is 0 Å². The van der Waals surface area contributed by atoms with Gasteiger partial charge in [-0.05, 0) is 28.8 Å². The zero-order valence-corrected chi connectivity index (χ0v) is 18.6. The smallest absolute Gasteiger partial charge is 0.230 e. The molecule has 2 N–H and O–H groups in total. The van der Waals surface area contributed by atoms with Gasteiger partial charge in [-0.2, -0.15) is 24.7 Å². The lowest BCUT2D eigenvalue weighted by Gasteiger charge is -2.31. The summed E-state index contributed by atoms with van der Waals surface area (Å²) >= 11 is 3.54. The van der Waals surface area contributed by atoms with Crippen molar-refractivity contribution < 1.29 is 4.74 Å². The van der Waals surface area contributed by atoms with Crippen molar-refractivity contribution in [2.45, 2.75) is 25.5 Å². The van der Waals surface area contributed by atoms with Crippen molar-refractivity contribution in [1.29, 1.82) is 0 Å². The third kappa shape index (κ3) is 4.10. The number of hydrogen-bond donors (Lipinski definition) is 2. The minimum Gasteiger partial charge on any atom is -0.381 e. The molecular formula is C20H22BrN9O. The second-order valence-corrected chi connectivity index (χ2v) is 8.18. The van der Waals surface area contributed by atoms with Gasteiger partial charge in [0.25, 0.3) is 0 Å². The maximum absolute atomic E-state index is 5.48. The van der Waals surface area contributed by atoms with Gasteiger partial charge in [-0.1, -0.05) is 30.3 Å². The van der Waals surface area contributed by atoms with Gasteiger partial charge >= 0.3 is 0 Å². The average molecular weight is 484 g/mol. The van der Waals surface area contributed by atoms with E-state index in [9.17, 15) is 0 Å². The van der Waals surface area contributed by atoms with Crippen molar-refractivity contribution in [2.24, 2.45) is 0 Å². The molecule has 0 unspecified atom stereocenters. The molecule has 3 aromatic heterocycles. The Hall–Kier alpha value is -3.05. The summed E-state index contributed by atoms with van der Waals surface area (Å²) < 4.78 is 7.98. The highest BCUT2D eigenvalue weighted by Gasteiger charge is 2.22. The van der Waals surface area contributed by atoms with Crippen LogP contribution in [0.25, 0.3) is 17.0 Å². The lowest BCUT2D eigenvalue weighted by atomic mass is 10.1. The molecular weight excluding hydrogens is 462 g/mol. The number of nitrogens with zero attached hydrogens (tertiary/aromatic N) is 7. The van der Waals surface area contributed by atoms with Gasteiger partial charge in [0.1, 0.15) is 5.82 Å². The molecule has 0 aliphatic carbocycles. The van der Waals surface area contributed by atoms with E-state index in [-0.39, 0.29) is 0 Å². The highest BCUT2D eigenvalue weighted by atomic mass is 79.9. The molecule has 0 amide bonds. The minimum absolute atomic E-state index is 0.296. The zero-order valence-electron chi connectivity index (χ0n) is 17.0. The van der Waals surface area contributed by atoms with Gasteiger partial charge in [0.2, 0.25) is 11.9 Å². The Morgan fingerprint density at radius 3 is 2.74 bits per heavy atom. The van der Waals surface area contributed by atoms with E-state index in [0.717, 1.165) is 36.0 Å². The summed E-state index contributed by atoms with van der Waals surface area (Å²) in [6.07, 6.45) is 3.92. The molecule has 1 aliphatic heterocycles. The number of ether oxygens (including phenoxy) is 1. The molecule has 11 heteroatoms. The second kappa shape index (κ2) is 8.60. The fourth-order valence-corrected chi connectivity index (χ4v) is 3.99. The second-order valence-electron chi connectivity index (χ2n) is 7.32. The van der Waals surface area contributed by atoms with Gasteiger partial charge in [0.05, 0.1) is 23.3 Å². The lowest BCUT2D eigenvalue weighted by Crippen LogP contribution is -2.37. The summed E-state index contributed by atoms with van der Waals surface area (Å²) in [4.78, 5) is 16.2. The predicted molar refractivity (Wildman–Crippen MR) is 120 cm³/mol. The summed E-state index contributed by atoms with van der Waals surface area (Å²) in [5.41, 5.74) is 1.68. The van der Waals surface area contributed by atoms with Crippen LogP contribution in [0.3, 0.4) is 0 Å². The number of hydrogen-bond acceptors (Lipinski definition) is 8. The Bertz CT molecular complexity index is 1170. The number of piperidine rings is 1. The number of benzene rings is 1. The molecule has 4 heterocycles. The summed E-state index contributed by atoms with van der Waals surface area (Å²) in [7, 11) is 1.76. The van der Waals surface area contributed by atoms with Gasteiger partial charge in [-0.25, -0.2) is 4.98 Å². The Balaban J connectivity index is 1.37. The minimum atomic E-state index is 0.296. The first kappa shape index (κ1) is 19.9. The van der Waals surface area contributed by atoms with Crippen molar-refractivity contribution in [3.8, 4) is 11.4 Å². The van der Waals surface area contributed by atoms with Crippen LogP contribution in [0.15, 0.2) is 41.0 Å². The van der Waals surface area contributed by atoms with Crippen LogP contribution < -0.4 is 10.2 Å². The largest absolute Gasteiger partial charge is 0.381 e. The fourth-order valence-electron chi connectivity index (χ4n) is 3.64. The number of fused-ring (bicyclic) bond motifs is 1. The zero-order chi connectivity index (χ0) is 21.2. The van der Waals surface area contributed by atoms with Crippen molar-refractivity contribution >= 4 is 33.5 Å². The molecule has 0 atom stereocenters. The van der Waals surface area contributed by atoms with E-state index >= 15 is 0 Å². The molecule has 31 heavy (non-hydrogen) atoms. The predicted octanol–water partition coefficient (Wildman–Crippen LogP) is 2.90. The number of nitrogens with one attached hydrogen (secondary N) is 2. The van der Waals surface area contributed by atoms with Gasteiger partial charge in [0.15, 0.2) is 11.5 Å². The molecule has 5 rings (SSSR count). The maximum atomic E-state index is 5.48. The normalized spacial score (nSPS) is 15.0. The van der Waals surface area contributed by atoms with Crippen molar-refractivity contribution in [2.75, 3.05) is 30.4 Å². The fraction of sp³-hybridized carbons (Fsp3) is 0.350. The number of methoxy groups -OCH3 is 1. The molecule has 1 aliphatic rings. The number of H-pyrrole nitrogens is 1. The number of aromatic nitrogens is 7. The first-order chi connectivity index (χ1) is 15.2. The maximum Gasteiger partial charge on any atom is 0.230 e. The molecule has 1 fully saturated rings. The van der Waals surface area contributed by atoms with E-state index in [1.54, 1.807) is 17.8 Å². The molecule has 10 nitrogen and oxygen atoms in total. The average Bonchev–Trinajstić information content (AvgIpc) is 3.45. The Morgan fingerprint density at radius 2 is 1.97 bits per heavy atom. The first-order valence-corrected chi connectivity index (χ1v) is 10.9. The quantitative estimate of drug-likeness (QED) is 0.430. The van der Waals surface area contributed by atoms with Gasteiger partial charge in [0, 0.05) is 25.8 Å². The number of rotatable bonds is 6. The van der Waals surface area contributed by atoms with Crippen LogP contribution in [0.2, 0.25) is 0 Å². The monoisotopic (exact) mass is 483 g/mol. The number of aromatic amines is 1. The van der Waals surface area contributed by atoms with E-state index in [2.05, 4.69) is 46.4 Å². The van der Waals surface area contributed by atoms with Gasteiger partial charge in [-0.15, -0.1) is 0 Å². The van der Waals surface area contributed by atoms with Crippen molar-refractivity contribution in [1.82, 2.24) is 34.8 Å². The van der Waals surface area contributed by atoms with E-state index in [0.29, 0.717) is 41.8 Å². The molecule has 160 valence electrons. The molecule has 1 aromatic carbocycles. The van der Waals surface area contributed by atoms with Crippen molar-refractivity contribution in [3.63, 3.8) is 0 Å². The van der Waals surface area contributed by atoms with Crippen LogP contribution in [0.4, 0.5) is 11.9 Å². The molecule has 4 aromatic rings. The summed E-state index contributed by atoms with van der Waals surface area (Å²) in [6.45, 7) is 2.12. The molecule has 0 saturated carbocycles. The Kier molecular flexibility index (Phi) is 5.51. The van der Waals surface area contributed by atoms with Crippen molar-refractivity contribution in [3.05, 3.63) is 46.8 Å². The first-order valence-electron chi connectivity index (χ1n) is 10.1. The van der Waals surface area contributed by atoms with E-state index in [4.69, 9.17) is 14.7 Å². The Labute approximate surface area is 187 Å². The third-order valence-electron chi connectivity index (χ3n) is 5.35. The van der Waals surface area contributed by atoms with E-state index in [1.165, 1.54) is 0 Å². The van der Waals surface area contributed by atoms with Crippen LogP contribution >= 0.6 is 15.9 Å². The van der Waals surface area contributed by atoms with Crippen LogP contribution in [-0.4, -0.2) is 61.1 Å². The van der Waals surface area contributed by atoms with Gasteiger partial charge < -0.3 is 15.0 Å². The SMILES string of the molecule is COC1CCN(c2nc(NCc3nc(-c4ccccc4)n[nH]3)n3ncc(Br)c3n2)CC1. The lowest BCUT2D eigenvalue weighted by molar-refractivity contribution is 0.0816. The van der Waals surface area contributed by atoms with Gasteiger partial charge in [-0.3, -0.25) is 5.10 Å². The highest BCUT2D eigenvalue weighted by molar-refractivity contribution is 9.10. The molecule has 1 saturated heterocycles. The Morgan fingerprint density at radius 1 is 1.16 bits per heavy atom. The molecule has 0 spiro atoms. The van der Waals surface area contributed by atoms with E-state index in [1.807, 2.05) is 30.3 Å². The number of halogens is 1. The number of anilines is 2. The summed E-state index contributed by atoms with van der Waals surface area (Å²) in [5, 5.41) is 15.0. The molecule has 0 radical (unpaired) electrons. The summed E-state index contributed by atoms with van der Waals surface area (Å²) in [5.74, 6) is 2.64. The highest BCUT2D eigenvalue weighted by Crippen LogP contribution is 2.24. The third-order valence-corrected chi connectivity index (χ3v) is 5.91. The van der Waals surface area contributed by atoms with Crippen LogP contribution in [0.1, 0.15) is 18.7 Å². The van der Waals surface area contributed by atoms with Crippen LogP contribution in [0, 0.1) is 0 Å². The molecule has 0 bridgehead atoms. The van der Waals surface area contributed by atoms with E-state index < -0.39 is 0 Å². The van der Waals surface area contributed by atoms with Crippen LogP contribution in [-0.2, 0) is 11.3 Å². The topological polar surface area (TPSA) is 109 Å². The summed E-state index contributed by atoms with van der Waals surface area (Å²) in [6, 6.07) is 9.86. The standard InChI is InChI=1S/C20H22BrN9O/c1-31-14-7-9-29(10-8-14)20-25-18-15(21)11-23-30(18)19(26-20)22-12-16-24-17(28-27-16)13-5-3-2-4-6-13/h2-6,11,14H,7-10,12H2,1H3,(H,22,25,26)(H,24,27,28).